The minimum Gasteiger partial charge on any atom is -0.352 e. The molecule has 0 aromatic carbocycles. The van der Waals surface area contributed by atoms with Gasteiger partial charge in [0, 0.05) is 38.6 Å². The monoisotopic (exact) mass is 303 g/mol. The molecule has 0 bridgehead atoms. The van der Waals surface area contributed by atoms with Crippen molar-refractivity contribution in [3.63, 3.8) is 0 Å². The Labute approximate surface area is 121 Å². The Hall–Kier alpha value is -0.660. The zero-order valence-electron chi connectivity index (χ0n) is 12.3. The molecule has 2 unspecified atom stereocenters. The topological polar surface area (TPSA) is 69.7 Å². The Morgan fingerprint density at radius 3 is 2.55 bits per heavy atom. The fourth-order valence-electron chi connectivity index (χ4n) is 3.12. The van der Waals surface area contributed by atoms with E-state index in [1.54, 1.807) is 8.61 Å². The summed E-state index contributed by atoms with van der Waals surface area (Å²) in [6.45, 7) is 5.02. The second-order valence-corrected chi connectivity index (χ2v) is 7.74. The predicted octanol–water partition coefficient (Wildman–Crippen LogP) is 0.706. The van der Waals surface area contributed by atoms with E-state index in [0.29, 0.717) is 19.6 Å². The van der Waals surface area contributed by atoms with Crippen LogP contribution in [0.2, 0.25) is 0 Å². The third kappa shape index (κ3) is 3.51. The van der Waals surface area contributed by atoms with Crippen LogP contribution >= 0.6 is 0 Å². The maximum atomic E-state index is 12.7. The normalized spacial score (nSPS) is 30.1. The van der Waals surface area contributed by atoms with Crippen LogP contribution < -0.4 is 5.32 Å². The summed E-state index contributed by atoms with van der Waals surface area (Å²) in [5.41, 5.74) is 0. The van der Waals surface area contributed by atoms with Gasteiger partial charge in [0.05, 0.1) is 0 Å². The quantitative estimate of drug-likeness (QED) is 0.834. The van der Waals surface area contributed by atoms with Gasteiger partial charge in [0.2, 0.25) is 5.91 Å². The van der Waals surface area contributed by atoms with Crippen molar-refractivity contribution in [3.8, 4) is 0 Å². The highest BCUT2D eigenvalue weighted by atomic mass is 32.2. The Balaban J connectivity index is 2.06. The first-order valence-electron chi connectivity index (χ1n) is 7.45. The Morgan fingerprint density at radius 2 is 1.90 bits per heavy atom. The number of piperidine rings is 2. The minimum absolute atomic E-state index is 0.0591. The fraction of sp³-hybridized carbons (Fsp3) is 0.923. The Morgan fingerprint density at radius 1 is 1.15 bits per heavy atom. The number of rotatable bonds is 3. The van der Waals surface area contributed by atoms with Crippen molar-refractivity contribution in [1.82, 2.24) is 13.9 Å². The molecule has 2 fully saturated rings. The summed E-state index contributed by atoms with van der Waals surface area (Å²) < 4.78 is 28.6. The van der Waals surface area contributed by atoms with Crippen LogP contribution in [0.25, 0.3) is 0 Å². The third-order valence-corrected chi connectivity index (χ3v) is 6.28. The molecule has 0 aromatic rings. The van der Waals surface area contributed by atoms with Crippen molar-refractivity contribution in [2.45, 2.75) is 58.0 Å². The van der Waals surface area contributed by atoms with Gasteiger partial charge in [-0.1, -0.05) is 6.42 Å². The van der Waals surface area contributed by atoms with E-state index in [-0.39, 0.29) is 18.0 Å². The average Bonchev–Trinajstić information content (AvgIpc) is 2.38. The van der Waals surface area contributed by atoms with Crippen LogP contribution in [-0.2, 0) is 15.0 Å². The van der Waals surface area contributed by atoms with Gasteiger partial charge in [0.25, 0.3) is 10.2 Å². The highest BCUT2D eigenvalue weighted by Gasteiger charge is 2.37. The van der Waals surface area contributed by atoms with E-state index < -0.39 is 10.2 Å². The van der Waals surface area contributed by atoms with Gasteiger partial charge in [-0.25, -0.2) is 0 Å². The second kappa shape index (κ2) is 6.41. The van der Waals surface area contributed by atoms with E-state index in [2.05, 4.69) is 5.32 Å². The maximum Gasteiger partial charge on any atom is 0.282 e. The largest absolute Gasteiger partial charge is 0.352 e. The van der Waals surface area contributed by atoms with Crippen molar-refractivity contribution in [2.24, 2.45) is 0 Å². The molecule has 2 rings (SSSR count). The average molecular weight is 303 g/mol. The van der Waals surface area contributed by atoms with Gasteiger partial charge in [0.15, 0.2) is 0 Å². The summed E-state index contributed by atoms with van der Waals surface area (Å²) in [5, 5.41) is 2.83. The van der Waals surface area contributed by atoms with Crippen molar-refractivity contribution in [2.75, 3.05) is 19.6 Å². The molecule has 1 amide bonds. The first kappa shape index (κ1) is 15.7. The van der Waals surface area contributed by atoms with Gasteiger partial charge in [-0.05, 0) is 32.6 Å². The molecule has 6 nitrogen and oxygen atoms in total. The van der Waals surface area contributed by atoms with E-state index in [1.807, 2.05) is 6.92 Å². The van der Waals surface area contributed by atoms with Crippen molar-refractivity contribution in [1.29, 1.82) is 0 Å². The van der Waals surface area contributed by atoms with E-state index >= 15 is 0 Å². The Bertz CT molecular complexity index is 452. The number of hydrogen-bond donors (Lipinski definition) is 1. The van der Waals surface area contributed by atoms with Crippen LogP contribution in [0.3, 0.4) is 0 Å². The smallest absolute Gasteiger partial charge is 0.282 e. The van der Waals surface area contributed by atoms with E-state index in [0.717, 1.165) is 32.1 Å². The summed E-state index contributed by atoms with van der Waals surface area (Å²) in [6.07, 6.45) is 4.62. The molecule has 0 radical (unpaired) electrons. The van der Waals surface area contributed by atoms with Gasteiger partial charge in [-0.2, -0.15) is 17.0 Å². The fourth-order valence-corrected chi connectivity index (χ4v) is 5.06. The molecule has 2 atom stereocenters. The van der Waals surface area contributed by atoms with Gasteiger partial charge in [0.1, 0.15) is 0 Å². The van der Waals surface area contributed by atoms with Crippen molar-refractivity contribution < 1.29 is 13.2 Å². The van der Waals surface area contributed by atoms with Crippen LogP contribution in [0.1, 0.15) is 46.0 Å². The molecule has 0 aliphatic carbocycles. The number of nitrogens with zero attached hydrogens (tertiary/aromatic N) is 2. The molecule has 0 saturated carbocycles. The SMILES string of the molecule is CC(=O)NC1CCCN(S(=O)(=O)N2CCCCC2C)C1. The molecule has 116 valence electrons. The van der Waals surface area contributed by atoms with Gasteiger partial charge < -0.3 is 5.32 Å². The number of hydrogen-bond acceptors (Lipinski definition) is 3. The number of carbonyl (C=O) groups excluding carboxylic acids is 1. The van der Waals surface area contributed by atoms with Crippen LogP contribution in [-0.4, -0.2) is 54.7 Å². The molecule has 2 aliphatic rings. The second-order valence-electron chi connectivity index (χ2n) is 5.86. The zero-order valence-corrected chi connectivity index (χ0v) is 13.2. The van der Waals surface area contributed by atoms with Crippen LogP contribution in [0, 0.1) is 0 Å². The van der Waals surface area contributed by atoms with Crippen molar-refractivity contribution in [3.05, 3.63) is 0 Å². The molecule has 2 heterocycles. The highest BCUT2D eigenvalue weighted by Crippen LogP contribution is 2.24. The third-order valence-electron chi connectivity index (χ3n) is 4.16. The summed E-state index contributed by atoms with van der Waals surface area (Å²) in [5.74, 6) is -0.0967. The maximum absolute atomic E-state index is 12.7. The lowest BCUT2D eigenvalue weighted by Gasteiger charge is -2.39. The van der Waals surface area contributed by atoms with Gasteiger partial charge in [-0.3, -0.25) is 4.79 Å². The highest BCUT2D eigenvalue weighted by molar-refractivity contribution is 7.86. The standard InChI is InChI=1S/C13H25N3O3S/c1-11-6-3-4-9-16(11)20(18,19)15-8-5-7-13(10-15)14-12(2)17/h11,13H,3-10H2,1-2H3,(H,14,17). The Kier molecular flexibility index (Phi) is 5.04. The lowest BCUT2D eigenvalue weighted by Crippen LogP contribution is -2.55. The summed E-state index contributed by atoms with van der Waals surface area (Å²) >= 11 is 0. The molecule has 2 saturated heterocycles. The minimum atomic E-state index is -3.39. The van der Waals surface area contributed by atoms with E-state index in [4.69, 9.17) is 0 Å². The number of nitrogens with one attached hydrogen (secondary N) is 1. The summed E-state index contributed by atoms with van der Waals surface area (Å²) in [6, 6.07) is 0.0195. The molecule has 2 aliphatic heterocycles. The van der Waals surface area contributed by atoms with Gasteiger partial charge >= 0.3 is 0 Å². The van der Waals surface area contributed by atoms with Gasteiger partial charge in [-0.15, -0.1) is 0 Å². The molecule has 20 heavy (non-hydrogen) atoms. The number of amides is 1. The lowest BCUT2D eigenvalue weighted by atomic mass is 10.1. The van der Waals surface area contributed by atoms with Crippen LogP contribution in [0.15, 0.2) is 0 Å². The van der Waals surface area contributed by atoms with Crippen molar-refractivity contribution >= 4 is 16.1 Å². The first-order valence-corrected chi connectivity index (χ1v) is 8.85. The van der Waals surface area contributed by atoms with Crippen LogP contribution in [0.5, 0.6) is 0 Å². The molecule has 0 aromatic heterocycles. The molecular weight excluding hydrogens is 278 g/mol. The number of carbonyl (C=O) groups is 1. The van der Waals surface area contributed by atoms with E-state index in [9.17, 15) is 13.2 Å². The zero-order chi connectivity index (χ0) is 14.8. The molecule has 7 heteroatoms. The first-order chi connectivity index (χ1) is 9.41. The lowest BCUT2D eigenvalue weighted by molar-refractivity contribution is -0.119. The molecular formula is C13H25N3O3S. The van der Waals surface area contributed by atoms with Crippen LogP contribution in [0.4, 0.5) is 0 Å². The predicted molar refractivity (Wildman–Crippen MR) is 77.4 cm³/mol. The molecule has 0 spiro atoms. The van der Waals surface area contributed by atoms with E-state index in [1.165, 1.54) is 6.92 Å². The molecule has 1 N–H and O–H groups in total. The summed E-state index contributed by atoms with van der Waals surface area (Å²) in [4.78, 5) is 11.1. The summed E-state index contributed by atoms with van der Waals surface area (Å²) in [7, 11) is -3.39.